The normalized spacial score (nSPS) is 10.9. The quantitative estimate of drug-likeness (QED) is 0.668. The molecule has 0 saturated heterocycles. The molecule has 0 unspecified atom stereocenters. The molecule has 0 atom stereocenters. The minimum atomic E-state index is 0.672. The Morgan fingerprint density at radius 1 is 1.11 bits per heavy atom. The molecule has 18 heavy (non-hydrogen) atoms. The van der Waals surface area contributed by atoms with Gasteiger partial charge in [-0.05, 0) is 29.8 Å². The van der Waals surface area contributed by atoms with Crippen molar-refractivity contribution in [3.63, 3.8) is 0 Å². The lowest BCUT2D eigenvalue weighted by molar-refractivity contribution is 0.387. The van der Waals surface area contributed by atoms with Gasteiger partial charge in [-0.3, -0.25) is 0 Å². The lowest BCUT2D eigenvalue weighted by Gasteiger charge is -2.01. The van der Waals surface area contributed by atoms with Gasteiger partial charge in [0, 0.05) is 4.90 Å². The molecule has 1 aromatic heterocycles. The first kappa shape index (κ1) is 11.3. The summed E-state index contributed by atoms with van der Waals surface area (Å²) in [6, 6.07) is 14.8. The molecule has 0 aliphatic heterocycles. The van der Waals surface area contributed by atoms with E-state index in [0.717, 1.165) is 0 Å². The molecule has 3 aromatic rings. The van der Waals surface area contributed by atoms with Crippen molar-refractivity contribution in [3.05, 3.63) is 54.2 Å². The minimum Gasteiger partial charge on any atom is -0.338 e. The molecular formula is C14H12N2OS. The van der Waals surface area contributed by atoms with Crippen LogP contribution < -0.4 is 0 Å². The number of rotatable bonds is 3. The molecule has 2 aromatic carbocycles. The van der Waals surface area contributed by atoms with Crippen LogP contribution in [0.2, 0.25) is 0 Å². The van der Waals surface area contributed by atoms with Gasteiger partial charge in [0.05, 0.1) is 5.75 Å². The van der Waals surface area contributed by atoms with Gasteiger partial charge in [-0.25, -0.2) is 0 Å². The fraction of sp³-hybridized carbons (Fsp3) is 0.143. The summed E-state index contributed by atoms with van der Waals surface area (Å²) in [4.78, 5) is 5.40. The highest BCUT2D eigenvalue weighted by Gasteiger charge is 2.04. The summed E-state index contributed by atoms with van der Waals surface area (Å²) in [7, 11) is 0. The number of aromatic nitrogens is 2. The van der Waals surface area contributed by atoms with Gasteiger partial charge in [-0.15, -0.1) is 11.8 Å². The molecule has 0 fully saturated rings. The maximum atomic E-state index is 5.09. The fourth-order valence-corrected chi connectivity index (χ4v) is 2.58. The molecule has 3 nitrogen and oxygen atoms in total. The molecule has 0 N–H and O–H groups in total. The minimum absolute atomic E-state index is 0.672. The predicted molar refractivity (Wildman–Crippen MR) is 72.5 cm³/mol. The molecule has 0 amide bonds. The van der Waals surface area contributed by atoms with Gasteiger partial charge >= 0.3 is 0 Å². The van der Waals surface area contributed by atoms with Gasteiger partial charge in [0.1, 0.15) is 0 Å². The summed E-state index contributed by atoms with van der Waals surface area (Å²) in [6.45, 7) is 1.83. The third-order valence-electron chi connectivity index (χ3n) is 2.65. The summed E-state index contributed by atoms with van der Waals surface area (Å²) in [5, 5.41) is 6.29. The Hall–Kier alpha value is -1.81. The van der Waals surface area contributed by atoms with Crippen molar-refractivity contribution in [3.8, 4) is 0 Å². The van der Waals surface area contributed by atoms with Gasteiger partial charge in [0.15, 0.2) is 5.82 Å². The molecule has 90 valence electrons. The maximum Gasteiger partial charge on any atom is 0.236 e. The zero-order valence-corrected chi connectivity index (χ0v) is 10.8. The Bertz CT molecular complexity index is 678. The van der Waals surface area contributed by atoms with Gasteiger partial charge in [-0.2, -0.15) is 4.98 Å². The van der Waals surface area contributed by atoms with E-state index in [1.807, 2.05) is 6.92 Å². The summed E-state index contributed by atoms with van der Waals surface area (Å²) in [5.41, 5.74) is 0. The summed E-state index contributed by atoms with van der Waals surface area (Å²) in [6.07, 6.45) is 0. The second-order valence-electron chi connectivity index (χ2n) is 4.03. The van der Waals surface area contributed by atoms with Crippen LogP contribution in [0.3, 0.4) is 0 Å². The molecule has 0 spiro atoms. The van der Waals surface area contributed by atoms with E-state index in [-0.39, 0.29) is 0 Å². The molecule has 0 bridgehead atoms. The second-order valence-corrected chi connectivity index (χ2v) is 5.08. The number of aryl methyl sites for hydroxylation is 1. The number of fused-ring (bicyclic) bond motifs is 1. The average molecular weight is 256 g/mol. The predicted octanol–water partition coefficient (Wildman–Crippen LogP) is 3.82. The highest BCUT2D eigenvalue weighted by atomic mass is 32.2. The molecule has 4 heteroatoms. The van der Waals surface area contributed by atoms with E-state index in [2.05, 4.69) is 52.6 Å². The van der Waals surface area contributed by atoms with Crippen molar-refractivity contribution < 1.29 is 4.52 Å². The van der Waals surface area contributed by atoms with E-state index in [1.54, 1.807) is 11.8 Å². The van der Waals surface area contributed by atoms with Crippen molar-refractivity contribution in [2.75, 3.05) is 0 Å². The Morgan fingerprint density at radius 2 is 1.94 bits per heavy atom. The second kappa shape index (κ2) is 4.82. The topological polar surface area (TPSA) is 38.9 Å². The molecule has 0 saturated carbocycles. The summed E-state index contributed by atoms with van der Waals surface area (Å²) in [5.74, 6) is 2.06. The van der Waals surface area contributed by atoms with Crippen LogP contribution in [0.25, 0.3) is 10.8 Å². The van der Waals surface area contributed by atoms with E-state index in [9.17, 15) is 0 Å². The van der Waals surface area contributed by atoms with E-state index in [0.29, 0.717) is 17.5 Å². The van der Waals surface area contributed by atoms with Crippen molar-refractivity contribution in [2.45, 2.75) is 17.6 Å². The van der Waals surface area contributed by atoms with Crippen LogP contribution in [0, 0.1) is 6.92 Å². The van der Waals surface area contributed by atoms with Crippen LogP contribution in [0.5, 0.6) is 0 Å². The first-order chi connectivity index (χ1) is 8.81. The number of hydrogen-bond donors (Lipinski definition) is 0. The fourth-order valence-electron chi connectivity index (χ4n) is 1.80. The van der Waals surface area contributed by atoms with E-state index >= 15 is 0 Å². The first-order valence-electron chi connectivity index (χ1n) is 5.72. The van der Waals surface area contributed by atoms with Crippen LogP contribution in [-0.2, 0) is 5.75 Å². The molecule has 0 aliphatic carbocycles. The highest BCUT2D eigenvalue weighted by Crippen LogP contribution is 2.25. The van der Waals surface area contributed by atoms with Crippen molar-refractivity contribution in [1.82, 2.24) is 10.1 Å². The Labute approximate surface area is 109 Å². The third kappa shape index (κ3) is 2.38. The Balaban J connectivity index is 1.78. The molecule has 0 radical (unpaired) electrons. The lowest BCUT2D eigenvalue weighted by Crippen LogP contribution is -1.81. The van der Waals surface area contributed by atoms with Crippen molar-refractivity contribution >= 4 is 22.5 Å². The number of nitrogens with zero attached hydrogens (tertiary/aromatic N) is 2. The maximum absolute atomic E-state index is 5.09. The lowest BCUT2D eigenvalue weighted by atomic mass is 10.1. The third-order valence-corrected chi connectivity index (χ3v) is 3.63. The van der Waals surface area contributed by atoms with Crippen LogP contribution in [0.15, 0.2) is 51.9 Å². The summed E-state index contributed by atoms with van der Waals surface area (Å²) >= 11 is 1.71. The standard InChI is InChI=1S/C14H12N2OS/c1-10-15-14(17-16-10)9-18-13-7-6-11-4-2-3-5-12(11)8-13/h2-8H,9H2,1H3. The average Bonchev–Trinajstić information content (AvgIpc) is 2.82. The van der Waals surface area contributed by atoms with Gasteiger partial charge in [0.2, 0.25) is 5.89 Å². The van der Waals surface area contributed by atoms with Crippen molar-refractivity contribution in [2.24, 2.45) is 0 Å². The monoisotopic (exact) mass is 256 g/mol. The summed E-state index contributed by atoms with van der Waals surface area (Å²) < 4.78 is 5.09. The Kier molecular flexibility index (Phi) is 3.02. The molecule has 3 rings (SSSR count). The molecular weight excluding hydrogens is 244 g/mol. The highest BCUT2D eigenvalue weighted by molar-refractivity contribution is 7.98. The van der Waals surface area contributed by atoms with Crippen LogP contribution >= 0.6 is 11.8 Å². The smallest absolute Gasteiger partial charge is 0.236 e. The molecule has 1 heterocycles. The number of hydrogen-bond acceptors (Lipinski definition) is 4. The van der Waals surface area contributed by atoms with E-state index < -0.39 is 0 Å². The van der Waals surface area contributed by atoms with Gasteiger partial charge in [-0.1, -0.05) is 35.5 Å². The SMILES string of the molecule is Cc1noc(CSc2ccc3ccccc3c2)n1. The zero-order valence-electron chi connectivity index (χ0n) is 9.96. The molecule has 0 aliphatic rings. The first-order valence-corrected chi connectivity index (χ1v) is 6.70. The van der Waals surface area contributed by atoms with Crippen LogP contribution in [0.4, 0.5) is 0 Å². The largest absolute Gasteiger partial charge is 0.338 e. The van der Waals surface area contributed by atoms with Crippen LogP contribution in [-0.4, -0.2) is 10.1 Å². The van der Waals surface area contributed by atoms with E-state index in [4.69, 9.17) is 4.52 Å². The van der Waals surface area contributed by atoms with Gasteiger partial charge < -0.3 is 4.52 Å². The van der Waals surface area contributed by atoms with Crippen molar-refractivity contribution in [1.29, 1.82) is 0 Å². The zero-order chi connectivity index (χ0) is 12.4. The van der Waals surface area contributed by atoms with Gasteiger partial charge in [0.25, 0.3) is 0 Å². The van der Waals surface area contributed by atoms with E-state index in [1.165, 1.54) is 15.7 Å². The van der Waals surface area contributed by atoms with Crippen LogP contribution in [0.1, 0.15) is 11.7 Å². The number of benzene rings is 2. The number of thioether (sulfide) groups is 1. The Morgan fingerprint density at radius 3 is 2.72 bits per heavy atom.